The Kier molecular flexibility index (Phi) is 3.85. The van der Waals surface area contributed by atoms with Gasteiger partial charge in [-0.3, -0.25) is 0 Å². The Morgan fingerprint density at radius 1 is 1.45 bits per heavy atom. The van der Waals surface area contributed by atoms with Gasteiger partial charge in [0, 0.05) is 8.04 Å². The summed E-state index contributed by atoms with van der Waals surface area (Å²) in [6.45, 7) is 2.21. The van der Waals surface area contributed by atoms with E-state index in [1.807, 2.05) is 0 Å². The quantitative estimate of drug-likeness (QED) is 0.721. The van der Waals surface area contributed by atoms with Crippen molar-refractivity contribution < 1.29 is 0 Å². The van der Waals surface area contributed by atoms with Gasteiger partial charge in [0.05, 0.1) is 0 Å². The Labute approximate surface area is 89.7 Å². The van der Waals surface area contributed by atoms with Gasteiger partial charge in [-0.15, -0.1) is 0 Å². The van der Waals surface area contributed by atoms with Crippen LogP contribution in [0.3, 0.4) is 0 Å². The van der Waals surface area contributed by atoms with E-state index in [9.17, 15) is 0 Å². The van der Waals surface area contributed by atoms with Crippen LogP contribution in [0.25, 0.3) is 0 Å². The summed E-state index contributed by atoms with van der Waals surface area (Å²) in [5.74, 6) is 0. The average molecular weight is 325 g/mol. The Balaban J connectivity index is 2.93. The molecule has 0 fully saturated rings. The van der Waals surface area contributed by atoms with Crippen LogP contribution in [0.1, 0.15) is 18.9 Å². The highest BCUT2D eigenvalue weighted by atomic mass is 127. The van der Waals surface area contributed by atoms with E-state index < -0.39 is 0 Å². The Hall–Kier alpha value is 0.430. The molecule has 0 aliphatic heterocycles. The number of halogens is 2. The predicted octanol–water partition coefficient (Wildman–Crippen LogP) is 4.01. The van der Waals surface area contributed by atoms with Crippen molar-refractivity contribution in [3.05, 3.63) is 31.8 Å². The summed E-state index contributed by atoms with van der Waals surface area (Å²) >= 11 is 5.84. The van der Waals surface area contributed by atoms with Crippen LogP contribution >= 0.6 is 38.5 Å². The van der Waals surface area contributed by atoms with E-state index in [1.54, 1.807) is 0 Å². The Morgan fingerprint density at radius 2 is 2.18 bits per heavy atom. The summed E-state index contributed by atoms with van der Waals surface area (Å²) in [4.78, 5) is 0. The van der Waals surface area contributed by atoms with E-state index in [0.29, 0.717) is 0 Å². The molecule has 60 valence electrons. The molecule has 0 radical (unpaired) electrons. The van der Waals surface area contributed by atoms with Gasteiger partial charge in [-0.2, -0.15) is 0 Å². The van der Waals surface area contributed by atoms with Crippen LogP contribution in [-0.2, 0) is 6.42 Å². The van der Waals surface area contributed by atoms with E-state index in [4.69, 9.17) is 0 Å². The number of hydrogen-bond acceptors (Lipinski definition) is 0. The van der Waals surface area contributed by atoms with Crippen molar-refractivity contribution in [2.45, 2.75) is 19.8 Å². The summed E-state index contributed by atoms with van der Waals surface area (Å²) in [5.41, 5.74) is 1.45. The molecule has 0 aliphatic rings. The van der Waals surface area contributed by atoms with Crippen LogP contribution < -0.4 is 0 Å². The van der Waals surface area contributed by atoms with Gasteiger partial charge in [-0.25, -0.2) is 0 Å². The molecule has 0 nitrogen and oxygen atoms in total. The molecule has 1 rings (SSSR count). The zero-order valence-corrected chi connectivity index (χ0v) is 10.1. The van der Waals surface area contributed by atoms with Gasteiger partial charge < -0.3 is 0 Å². The molecule has 0 aliphatic carbocycles. The van der Waals surface area contributed by atoms with Crippen LogP contribution in [0.2, 0.25) is 0 Å². The third kappa shape index (κ3) is 2.75. The topological polar surface area (TPSA) is 0 Å². The molecule has 0 aromatic heterocycles. The lowest BCUT2D eigenvalue weighted by Crippen LogP contribution is -1.87. The maximum absolute atomic E-state index is 3.46. The molecule has 1 aromatic carbocycles. The van der Waals surface area contributed by atoms with Crippen LogP contribution in [0, 0.1) is 3.57 Å². The first-order chi connectivity index (χ1) is 5.24. The second-order valence-corrected chi connectivity index (χ2v) is 4.56. The van der Waals surface area contributed by atoms with Gasteiger partial charge in [-0.05, 0) is 52.8 Å². The predicted molar refractivity (Wildman–Crippen MR) is 60.9 cm³/mol. The fourth-order valence-corrected chi connectivity index (χ4v) is 2.02. The molecule has 0 heterocycles. The van der Waals surface area contributed by atoms with Crippen LogP contribution in [-0.4, -0.2) is 0 Å². The summed E-state index contributed by atoms with van der Waals surface area (Å²) in [5, 5.41) is 0. The molecule has 0 atom stereocenters. The molecule has 0 N–H and O–H groups in total. The smallest absolute Gasteiger partial charge is 0.0178 e. The highest BCUT2D eigenvalue weighted by molar-refractivity contribution is 14.1. The van der Waals surface area contributed by atoms with Crippen LogP contribution in [0.5, 0.6) is 0 Å². The van der Waals surface area contributed by atoms with Crippen LogP contribution in [0.15, 0.2) is 22.7 Å². The fourth-order valence-electron chi connectivity index (χ4n) is 1.00. The summed E-state index contributed by atoms with van der Waals surface area (Å²) < 4.78 is 2.55. The maximum Gasteiger partial charge on any atom is 0.0178 e. The largest absolute Gasteiger partial charge is 0.0651 e. The zero-order valence-electron chi connectivity index (χ0n) is 6.40. The number of benzene rings is 1. The van der Waals surface area contributed by atoms with Crippen molar-refractivity contribution in [1.29, 1.82) is 0 Å². The first kappa shape index (κ1) is 9.52. The number of aryl methyl sites for hydroxylation is 1. The van der Waals surface area contributed by atoms with E-state index >= 15 is 0 Å². The van der Waals surface area contributed by atoms with Gasteiger partial charge in [0.1, 0.15) is 0 Å². The molecule has 1 aromatic rings. The highest BCUT2D eigenvalue weighted by Crippen LogP contribution is 2.19. The van der Waals surface area contributed by atoms with E-state index in [-0.39, 0.29) is 0 Å². The molecular formula is C9H10BrI. The van der Waals surface area contributed by atoms with Crippen molar-refractivity contribution in [1.82, 2.24) is 0 Å². The van der Waals surface area contributed by atoms with Gasteiger partial charge >= 0.3 is 0 Å². The minimum Gasteiger partial charge on any atom is -0.0651 e. The van der Waals surface area contributed by atoms with Gasteiger partial charge in [0.15, 0.2) is 0 Å². The molecule has 0 spiro atoms. The molecule has 0 bridgehead atoms. The zero-order chi connectivity index (χ0) is 8.27. The Bertz CT molecular complexity index is 245. The molecule has 0 unspecified atom stereocenters. The van der Waals surface area contributed by atoms with E-state index in [1.165, 1.54) is 26.4 Å². The minimum atomic E-state index is 1.18. The number of hydrogen-bond donors (Lipinski definition) is 0. The van der Waals surface area contributed by atoms with Crippen molar-refractivity contribution in [2.24, 2.45) is 0 Å². The first-order valence-corrected chi connectivity index (χ1v) is 5.55. The normalized spacial score (nSPS) is 10.1. The highest BCUT2D eigenvalue weighted by Gasteiger charge is 1.97. The van der Waals surface area contributed by atoms with Crippen molar-refractivity contribution in [3.8, 4) is 0 Å². The van der Waals surface area contributed by atoms with Crippen LogP contribution in [0.4, 0.5) is 0 Å². The monoisotopic (exact) mass is 324 g/mol. The Morgan fingerprint density at radius 3 is 2.82 bits per heavy atom. The van der Waals surface area contributed by atoms with Crippen molar-refractivity contribution in [3.63, 3.8) is 0 Å². The first-order valence-electron chi connectivity index (χ1n) is 3.68. The van der Waals surface area contributed by atoms with Gasteiger partial charge in [-0.1, -0.05) is 29.3 Å². The third-order valence-electron chi connectivity index (χ3n) is 1.53. The summed E-state index contributed by atoms with van der Waals surface area (Å²) in [7, 11) is 0. The summed E-state index contributed by atoms with van der Waals surface area (Å²) in [6, 6.07) is 6.43. The third-order valence-corrected chi connectivity index (χ3v) is 3.07. The van der Waals surface area contributed by atoms with Crippen molar-refractivity contribution in [2.75, 3.05) is 0 Å². The van der Waals surface area contributed by atoms with Gasteiger partial charge in [0.2, 0.25) is 0 Å². The second kappa shape index (κ2) is 4.45. The number of rotatable bonds is 2. The standard InChI is InChI=1S/C9H10BrI/c1-2-3-7-6-8(10)4-5-9(7)11/h4-6H,2-3H2,1H3. The van der Waals surface area contributed by atoms with E-state index in [0.717, 1.165) is 0 Å². The molecule has 0 amide bonds. The lowest BCUT2D eigenvalue weighted by Gasteiger charge is -2.02. The minimum absolute atomic E-state index is 1.18. The second-order valence-electron chi connectivity index (χ2n) is 2.49. The lowest BCUT2D eigenvalue weighted by molar-refractivity contribution is 0.915. The van der Waals surface area contributed by atoms with Crippen molar-refractivity contribution >= 4 is 38.5 Å². The maximum atomic E-state index is 3.46. The van der Waals surface area contributed by atoms with E-state index in [2.05, 4.69) is 63.6 Å². The van der Waals surface area contributed by atoms with Gasteiger partial charge in [0.25, 0.3) is 0 Å². The molecule has 0 saturated heterocycles. The molecular weight excluding hydrogens is 315 g/mol. The summed E-state index contributed by atoms with van der Waals surface area (Å²) in [6.07, 6.45) is 2.39. The fraction of sp³-hybridized carbons (Fsp3) is 0.333. The lowest BCUT2D eigenvalue weighted by atomic mass is 10.1. The molecule has 0 saturated carbocycles. The SMILES string of the molecule is CCCc1cc(Br)ccc1I. The average Bonchev–Trinajstić information content (AvgIpc) is 1.98. The molecule has 2 heteroatoms. The molecule has 11 heavy (non-hydrogen) atoms.